The average molecular weight is 512 g/mol. The van der Waals surface area contributed by atoms with Gasteiger partial charge in [-0.3, -0.25) is 14.4 Å². The molecule has 5 rings (SSSR count). The summed E-state index contributed by atoms with van der Waals surface area (Å²) in [6.07, 6.45) is 4.60. The third-order valence-corrected chi connectivity index (χ3v) is 7.30. The minimum atomic E-state index is -0.568. The Hall–Kier alpha value is -3.39. The predicted molar refractivity (Wildman–Crippen MR) is 134 cm³/mol. The van der Waals surface area contributed by atoms with Gasteiger partial charge in [0, 0.05) is 57.7 Å². The van der Waals surface area contributed by atoms with Gasteiger partial charge in [-0.05, 0) is 49.2 Å². The van der Waals surface area contributed by atoms with E-state index in [4.69, 9.17) is 16.3 Å². The first-order chi connectivity index (χ1) is 17.3. The molecule has 7 nitrogen and oxygen atoms in total. The van der Waals surface area contributed by atoms with Crippen LogP contribution in [0.1, 0.15) is 46.4 Å². The topological polar surface area (TPSA) is 71.9 Å². The largest absolute Gasteiger partial charge is 0.490 e. The highest BCUT2D eigenvalue weighted by Gasteiger charge is 2.30. The second kappa shape index (κ2) is 9.93. The number of benzene rings is 2. The van der Waals surface area contributed by atoms with Gasteiger partial charge in [-0.25, -0.2) is 4.39 Å². The van der Waals surface area contributed by atoms with Crippen molar-refractivity contribution in [3.05, 3.63) is 64.6 Å². The molecule has 2 aliphatic heterocycles. The molecule has 2 aromatic carbocycles. The molecule has 0 spiro atoms. The summed E-state index contributed by atoms with van der Waals surface area (Å²) in [6, 6.07) is 9.20. The maximum atomic E-state index is 13.4. The number of hydrogen-bond acceptors (Lipinski definition) is 4. The Kier molecular flexibility index (Phi) is 6.71. The number of ketones is 1. The van der Waals surface area contributed by atoms with Crippen LogP contribution in [-0.4, -0.2) is 64.2 Å². The van der Waals surface area contributed by atoms with E-state index in [1.807, 2.05) is 0 Å². The van der Waals surface area contributed by atoms with Crippen LogP contribution in [0, 0.1) is 5.82 Å². The molecule has 1 aromatic heterocycles. The minimum absolute atomic E-state index is 0.0765. The summed E-state index contributed by atoms with van der Waals surface area (Å²) in [4.78, 5) is 42.5. The number of amides is 2. The fourth-order valence-electron chi connectivity index (χ4n) is 4.98. The van der Waals surface area contributed by atoms with Crippen molar-refractivity contribution in [2.45, 2.75) is 31.8 Å². The molecule has 0 radical (unpaired) electrons. The molecule has 2 saturated heterocycles. The Morgan fingerprint density at radius 2 is 1.61 bits per heavy atom. The lowest BCUT2D eigenvalue weighted by Gasteiger charge is -2.32. The molecule has 36 heavy (non-hydrogen) atoms. The van der Waals surface area contributed by atoms with Crippen molar-refractivity contribution >= 4 is 40.1 Å². The van der Waals surface area contributed by atoms with Crippen LogP contribution in [0.4, 0.5) is 4.39 Å². The number of aromatic nitrogens is 1. The quantitative estimate of drug-likeness (QED) is 0.374. The summed E-state index contributed by atoms with van der Waals surface area (Å²) in [5.74, 6) is -1.02. The van der Waals surface area contributed by atoms with Crippen LogP contribution in [0.25, 0.3) is 10.9 Å². The standard InChI is InChI=1S/C27H27ClFN3O4/c1-30-16-22(25(33)27(35)31-10-2-3-11-31)20-14-21(23(28)15-24(20)30)26(34)32-12-8-19(9-13-32)36-18-6-4-17(29)5-7-18/h4-7,14-16,19H,2-3,8-13H2,1H3. The number of aryl methyl sites for hydroxylation is 1. The van der Waals surface area contributed by atoms with Crippen molar-refractivity contribution in [2.24, 2.45) is 7.05 Å². The Labute approximate surface area is 213 Å². The van der Waals surface area contributed by atoms with Gasteiger partial charge in [0.05, 0.1) is 21.7 Å². The van der Waals surface area contributed by atoms with Gasteiger partial charge in [-0.2, -0.15) is 0 Å². The number of Topliss-reactive ketones (excluding diaryl/α,β-unsaturated/α-hetero) is 1. The summed E-state index contributed by atoms with van der Waals surface area (Å²) in [7, 11) is 1.78. The fraction of sp³-hybridized carbons (Fsp3) is 0.370. The lowest BCUT2D eigenvalue weighted by molar-refractivity contribution is -0.125. The van der Waals surface area contributed by atoms with Crippen LogP contribution < -0.4 is 4.74 Å². The van der Waals surface area contributed by atoms with E-state index in [2.05, 4.69) is 0 Å². The summed E-state index contributed by atoms with van der Waals surface area (Å²) in [6.45, 7) is 2.14. The number of rotatable bonds is 5. The highest BCUT2D eigenvalue weighted by Crippen LogP contribution is 2.30. The molecule has 2 fully saturated rings. The van der Waals surface area contributed by atoms with Gasteiger partial charge in [0.25, 0.3) is 17.6 Å². The molecule has 2 aliphatic rings. The lowest BCUT2D eigenvalue weighted by atomic mass is 10.0. The molecular formula is C27H27ClFN3O4. The predicted octanol–water partition coefficient (Wildman–Crippen LogP) is 4.46. The van der Waals surface area contributed by atoms with Gasteiger partial charge < -0.3 is 19.1 Å². The normalized spacial score (nSPS) is 16.5. The number of nitrogens with zero attached hydrogens (tertiary/aromatic N) is 3. The van der Waals surface area contributed by atoms with E-state index in [1.165, 1.54) is 12.1 Å². The Morgan fingerprint density at radius 1 is 0.944 bits per heavy atom. The van der Waals surface area contributed by atoms with E-state index in [9.17, 15) is 18.8 Å². The second-order valence-corrected chi connectivity index (χ2v) is 9.80. The van der Waals surface area contributed by atoms with Crippen LogP contribution in [0.15, 0.2) is 42.6 Å². The van der Waals surface area contributed by atoms with Gasteiger partial charge in [-0.1, -0.05) is 11.6 Å². The lowest BCUT2D eigenvalue weighted by Crippen LogP contribution is -2.41. The summed E-state index contributed by atoms with van der Waals surface area (Å²) >= 11 is 6.52. The number of halogens is 2. The van der Waals surface area contributed by atoms with Gasteiger partial charge in [0.15, 0.2) is 0 Å². The molecule has 2 amide bonds. The molecule has 0 atom stereocenters. The number of hydrogen-bond donors (Lipinski definition) is 0. The number of ether oxygens (including phenoxy) is 1. The maximum Gasteiger partial charge on any atom is 0.295 e. The second-order valence-electron chi connectivity index (χ2n) is 9.39. The van der Waals surface area contributed by atoms with Gasteiger partial charge in [-0.15, -0.1) is 0 Å². The van der Waals surface area contributed by atoms with E-state index in [0.717, 1.165) is 12.8 Å². The van der Waals surface area contributed by atoms with E-state index in [-0.39, 0.29) is 23.4 Å². The number of carbonyl (C=O) groups is 3. The summed E-state index contributed by atoms with van der Waals surface area (Å²) in [5.41, 5.74) is 1.26. The molecule has 9 heteroatoms. The van der Waals surface area contributed by atoms with Crippen LogP contribution in [0.5, 0.6) is 5.75 Å². The zero-order chi connectivity index (χ0) is 25.4. The average Bonchev–Trinajstić information content (AvgIpc) is 3.53. The molecule has 188 valence electrons. The third kappa shape index (κ3) is 4.69. The number of likely N-dealkylation sites (tertiary alicyclic amines) is 2. The van der Waals surface area contributed by atoms with Crippen LogP contribution in [0.3, 0.4) is 0 Å². The zero-order valence-corrected chi connectivity index (χ0v) is 20.8. The van der Waals surface area contributed by atoms with E-state index in [1.54, 1.807) is 51.9 Å². The molecule has 0 aliphatic carbocycles. The number of carbonyl (C=O) groups excluding carboxylic acids is 3. The third-order valence-electron chi connectivity index (χ3n) is 6.99. The molecule has 0 bridgehead atoms. The highest BCUT2D eigenvalue weighted by atomic mass is 35.5. The first-order valence-corrected chi connectivity index (χ1v) is 12.5. The van der Waals surface area contributed by atoms with Gasteiger partial charge in [0.2, 0.25) is 0 Å². The van der Waals surface area contributed by atoms with E-state index in [0.29, 0.717) is 66.3 Å². The molecular weight excluding hydrogens is 485 g/mol. The molecule has 3 aromatic rings. The van der Waals surface area contributed by atoms with Crippen molar-refractivity contribution < 1.29 is 23.5 Å². The number of piperidine rings is 1. The summed E-state index contributed by atoms with van der Waals surface area (Å²) in [5, 5.41) is 0.834. The van der Waals surface area contributed by atoms with E-state index >= 15 is 0 Å². The maximum absolute atomic E-state index is 13.4. The highest BCUT2D eigenvalue weighted by molar-refractivity contribution is 6.45. The Morgan fingerprint density at radius 3 is 2.28 bits per heavy atom. The van der Waals surface area contributed by atoms with Crippen molar-refractivity contribution in [2.75, 3.05) is 26.2 Å². The van der Waals surface area contributed by atoms with Crippen LogP contribution >= 0.6 is 11.6 Å². The van der Waals surface area contributed by atoms with Crippen molar-refractivity contribution in [1.82, 2.24) is 14.4 Å². The monoisotopic (exact) mass is 511 g/mol. The van der Waals surface area contributed by atoms with Crippen molar-refractivity contribution in [3.63, 3.8) is 0 Å². The molecule has 0 N–H and O–H groups in total. The van der Waals surface area contributed by atoms with Crippen molar-refractivity contribution in [1.29, 1.82) is 0 Å². The number of fused-ring (bicyclic) bond motifs is 1. The zero-order valence-electron chi connectivity index (χ0n) is 20.0. The first kappa shape index (κ1) is 24.3. The van der Waals surface area contributed by atoms with Crippen LogP contribution in [-0.2, 0) is 11.8 Å². The minimum Gasteiger partial charge on any atom is -0.490 e. The van der Waals surface area contributed by atoms with Gasteiger partial charge in [0.1, 0.15) is 17.7 Å². The smallest absolute Gasteiger partial charge is 0.295 e. The van der Waals surface area contributed by atoms with Gasteiger partial charge >= 0.3 is 0 Å². The van der Waals surface area contributed by atoms with Crippen LogP contribution in [0.2, 0.25) is 5.02 Å². The Balaban J connectivity index is 1.33. The molecule has 3 heterocycles. The van der Waals surface area contributed by atoms with E-state index < -0.39 is 11.7 Å². The summed E-state index contributed by atoms with van der Waals surface area (Å²) < 4.78 is 20.8. The fourth-order valence-corrected chi connectivity index (χ4v) is 5.22. The molecule has 0 unspecified atom stereocenters. The Bertz CT molecular complexity index is 1320. The molecule has 0 saturated carbocycles. The first-order valence-electron chi connectivity index (χ1n) is 12.2. The van der Waals surface area contributed by atoms with Crippen molar-refractivity contribution in [3.8, 4) is 5.75 Å². The SMILES string of the molecule is Cn1cc(C(=O)C(=O)N2CCCC2)c2cc(C(=O)N3CCC(Oc4ccc(F)cc4)CC3)c(Cl)cc21.